The third-order valence-electron chi connectivity index (χ3n) is 4.45. The first-order valence-corrected chi connectivity index (χ1v) is 9.82. The third-order valence-corrected chi connectivity index (χ3v) is 6.09. The standard InChI is InChI=1S/C18H13N3O3S2/c22-16(20-17-19-11(10-26-17)12-3-1-7-23-12)18(5-6-18)15-9-13(24-21-15)14-4-2-8-25-14/h1-4,7-10H,5-6H2,(H,19,20,22). The van der Waals surface area contributed by atoms with Crippen LogP contribution < -0.4 is 5.32 Å². The topological polar surface area (TPSA) is 81.2 Å². The maximum absolute atomic E-state index is 12.8. The lowest BCUT2D eigenvalue weighted by atomic mass is 10.0. The van der Waals surface area contributed by atoms with E-state index < -0.39 is 5.41 Å². The summed E-state index contributed by atoms with van der Waals surface area (Å²) < 4.78 is 10.8. The Bertz CT molecular complexity index is 1040. The zero-order valence-electron chi connectivity index (χ0n) is 13.5. The number of hydrogen-bond donors (Lipinski definition) is 1. The highest BCUT2D eigenvalue weighted by atomic mass is 32.1. The monoisotopic (exact) mass is 383 g/mol. The zero-order chi connectivity index (χ0) is 17.6. The van der Waals surface area contributed by atoms with E-state index in [1.807, 2.05) is 41.1 Å². The Balaban J connectivity index is 1.35. The van der Waals surface area contributed by atoms with Crippen LogP contribution in [0.1, 0.15) is 18.5 Å². The molecular formula is C18H13N3O3S2. The van der Waals surface area contributed by atoms with Crippen LogP contribution in [-0.4, -0.2) is 16.0 Å². The van der Waals surface area contributed by atoms with Crippen molar-refractivity contribution in [2.45, 2.75) is 18.3 Å². The molecule has 6 nitrogen and oxygen atoms in total. The van der Waals surface area contributed by atoms with Gasteiger partial charge in [0.15, 0.2) is 16.7 Å². The van der Waals surface area contributed by atoms with Gasteiger partial charge in [0.25, 0.3) is 0 Å². The minimum atomic E-state index is -0.616. The Morgan fingerprint density at radius 2 is 2.12 bits per heavy atom. The van der Waals surface area contributed by atoms with Crippen LogP contribution in [0, 0.1) is 0 Å². The molecule has 26 heavy (non-hydrogen) atoms. The molecular weight excluding hydrogens is 370 g/mol. The van der Waals surface area contributed by atoms with E-state index in [2.05, 4.69) is 15.5 Å². The van der Waals surface area contributed by atoms with Gasteiger partial charge in [-0.15, -0.1) is 22.7 Å². The molecule has 4 aromatic rings. The second-order valence-electron chi connectivity index (χ2n) is 6.11. The largest absolute Gasteiger partial charge is 0.463 e. The summed E-state index contributed by atoms with van der Waals surface area (Å²) >= 11 is 2.95. The highest BCUT2D eigenvalue weighted by molar-refractivity contribution is 7.14. The maximum atomic E-state index is 12.8. The van der Waals surface area contributed by atoms with Gasteiger partial charge in [0.05, 0.1) is 22.2 Å². The van der Waals surface area contributed by atoms with Crippen molar-refractivity contribution >= 4 is 33.7 Å². The summed E-state index contributed by atoms with van der Waals surface area (Å²) in [7, 11) is 0. The molecule has 8 heteroatoms. The Labute approximate surface area is 156 Å². The van der Waals surface area contributed by atoms with Crippen molar-refractivity contribution in [3.63, 3.8) is 0 Å². The second-order valence-corrected chi connectivity index (χ2v) is 7.91. The molecule has 1 saturated carbocycles. The lowest BCUT2D eigenvalue weighted by Crippen LogP contribution is -2.28. The van der Waals surface area contributed by atoms with Gasteiger partial charge in [-0.05, 0) is 36.4 Å². The molecule has 0 aromatic carbocycles. The molecule has 1 fully saturated rings. The highest BCUT2D eigenvalue weighted by Gasteiger charge is 2.54. The van der Waals surface area contributed by atoms with Gasteiger partial charge < -0.3 is 14.3 Å². The lowest BCUT2D eigenvalue weighted by Gasteiger charge is -2.10. The number of carbonyl (C=O) groups excluding carboxylic acids is 1. The molecule has 5 rings (SSSR count). The third kappa shape index (κ3) is 2.58. The predicted molar refractivity (Wildman–Crippen MR) is 99.2 cm³/mol. The van der Waals surface area contributed by atoms with Crippen LogP contribution in [0.5, 0.6) is 0 Å². The highest BCUT2D eigenvalue weighted by Crippen LogP contribution is 2.49. The minimum Gasteiger partial charge on any atom is -0.463 e. The minimum absolute atomic E-state index is 0.0936. The number of furan rings is 1. The zero-order valence-corrected chi connectivity index (χ0v) is 15.1. The van der Waals surface area contributed by atoms with Gasteiger partial charge >= 0.3 is 0 Å². The molecule has 1 aliphatic rings. The molecule has 0 saturated heterocycles. The summed E-state index contributed by atoms with van der Waals surface area (Å²) in [6, 6.07) is 9.45. The number of thiophene rings is 1. The van der Waals surface area contributed by atoms with E-state index in [1.165, 1.54) is 11.3 Å². The van der Waals surface area contributed by atoms with Crippen LogP contribution in [0.3, 0.4) is 0 Å². The molecule has 4 heterocycles. The van der Waals surface area contributed by atoms with E-state index in [0.29, 0.717) is 28.0 Å². The van der Waals surface area contributed by atoms with Gasteiger partial charge in [-0.2, -0.15) is 0 Å². The molecule has 130 valence electrons. The first kappa shape index (κ1) is 15.5. The Morgan fingerprint density at radius 1 is 1.19 bits per heavy atom. The average molecular weight is 383 g/mol. The van der Waals surface area contributed by atoms with E-state index in [4.69, 9.17) is 8.94 Å². The summed E-state index contributed by atoms with van der Waals surface area (Å²) in [5.41, 5.74) is 0.776. The number of thiazole rings is 1. The molecule has 0 unspecified atom stereocenters. The number of aromatic nitrogens is 2. The van der Waals surface area contributed by atoms with E-state index in [1.54, 1.807) is 17.6 Å². The van der Waals surface area contributed by atoms with Crippen molar-refractivity contribution in [1.29, 1.82) is 0 Å². The van der Waals surface area contributed by atoms with Crippen LogP contribution in [0.4, 0.5) is 5.13 Å². The van der Waals surface area contributed by atoms with Crippen molar-refractivity contribution in [1.82, 2.24) is 10.1 Å². The molecule has 0 aliphatic heterocycles. The first-order chi connectivity index (χ1) is 12.7. The smallest absolute Gasteiger partial charge is 0.238 e. The lowest BCUT2D eigenvalue weighted by molar-refractivity contribution is -0.118. The SMILES string of the molecule is O=C(Nc1nc(-c2ccco2)cs1)C1(c2cc(-c3cccs3)on2)CC1. The normalized spacial score (nSPS) is 15.1. The van der Waals surface area contributed by atoms with E-state index in [9.17, 15) is 4.79 Å². The van der Waals surface area contributed by atoms with E-state index >= 15 is 0 Å². The quantitative estimate of drug-likeness (QED) is 0.536. The number of rotatable bonds is 5. The fourth-order valence-corrected chi connectivity index (χ4v) is 4.21. The second kappa shape index (κ2) is 5.93. The number of carbonyl (C=O) groups is 1. The van der Waals surface area contributed by atoms with Crippen LogP contribution in [0.15, 0.2) is 56.3 Å². The summed E-state index contributed by atoms with van der Waals surface area (Å²) in [5.74, 6) is 1.28. The molecule has 0 atom stereocenters. The number of nitrogens with zero attached hydrogens (tertiary/aromatic N) is 2. The Kier molecular flexibility index (Phi) is 3.54. The number of nitrogens with one attached hydrogen (secondary N) is 1. The summed E-state index contributed by atoms with van der Waals surface area (Å²) in [6.45, 7) is 0. The fraction of sp³-hybridized carbons (Fsp3) is 0.167. The van der Waals surface area contributed by atoms with Gasteiger partial charge in [0.1, 0.15) is 5.69 Å². The van der Waals surface area contributed by atoms with Crippen LogP contribution in [0.25, 0.3) is 22.1 Å². The summed E-state index contributed by atoms with van der Waals surface area (Å²) in [6.07, 6.45) is 3.11. The van der Waals surface area contributed by atoms with Crippen molar-refractivity contribution in [2.24, 2.45) is 0 Å². The number of anilines is 1. The van der Waals surface area contributed by atoms with E-state index in [0.717, 1.165) is 17.7 Å². The first-order valence-electron chi connectivity index (χ1n) is 8.06. The van der Waals surface area contributed by atoms with Crippen molar-refractivity contribution in [2.75, 3.05) is 5.32 Å². The Hall–Kier alpha value is -2.71. The average Bonchev–Trinajstić information content (AvgIpc) is 3.23. The van der Waals surface area contributed by atoms with Gasteiger partial charge in [0, 0.05) is 11.4 Å². The van der Waals surface area contributed by atoms with Crippen molar-refractivity contribution in [3.8, 4) is 22.1 Å². The predicted octanol–water partition coefficient (Wildman–Crippen LogP) is 4.79. The summed E-state index contributed by atoms with van der Waals surface area (Å²) in [4.78, 5) is 18.3. The van der Waals surface area contributed by atoms with Gasteiger partial charge in [-0.25, -0.2) is 4.98 Å². The van der Waals surface area contributed by atoms with Gasteiger partial charge in [-0.3, -0.25) is 4.79 Å². The van der Waals surface area contributed by atoms with Crippen LogP contribution in [0.2, 0.25) is 0 Å². The molecule has 0 bridgehead atoms. The van der Waals surface area contributed by atoms with E-state index in [-0.39, 0.29) is 5.91 Å². The molecule has 4 aromatic heterocycles. The number of amides is 1. The molecule has 1 aliphatic carbocycles. The van der Waals surface area contributed by atoms with Gasteiger partial charge in [0.2, 0.25) is 5.91 Å². The molecule has 1 amide bonds. The van der Waals surface area contributed by atoms with Crippen molar-refractivity contribution < 1.29 is 13.7 Å². The van der Waals surface area contributed by atoms with Gasteiger partial charge in [-0.1, -0.05) is 11.2 Å². The van der Waals surface area contributed by atoms with Crippen LogP contribution >= 0.6 is 22.7 Å². The molecule has 1 N–H and O–H groups in total. The number of hydrogen-bond acceptors (Lipinski definition) is 7. The maximum Gasteiger partial charge on any atom is 0.238 e. The molecule has 0 spiro atoms. The van der Waals surface area contributed by atoms with Crippen molar-refractivity contribution in [3.05, 3.63) is 53.0 Å². The van der Waals surface area contributed by atoms with Crippen LogP contribution in [-0.2, 0) is 10.2 Å². The Morgan fingerprint density at radius 3 is 2.85 bits per heavy atom. The summed E-state index contributed by atoms with van der Waals surface area (Å²) in [5, 5.41) is 11.5. The molecule has 0 radical (unpaired) electrons. The fourth-order valence-electron chi connectivity index (χ4n) is 2.85.